The van der Waals surface area contributed by atoms with E-state index in [1.54, 1.807) is 11.8 Å². The minimum atomic E-state index is -0.0878. The minimum absolute atomic E-state index is 0.00892. The van der Waals surface area contributed by atoms with Gasteiger partial charge in [-0.3, -0.25) is 14.4 Å². The summed E-state index contributed by atoms with van der Waals surface area (Å²) in [5.41, 5.74) is 1.33. The van der Waals surface area contributed by atoms with Crippen molar-refractivity contribution < 1.29 is 9.59 Å². The van der Waals surface area contributed by atoms with Crippen LogP contribution in [0.15, 0.2) is 4.79 Å². The van der Waals surface area contributed by atoms with Gasteiger partial charge in [-0.05, 0) is 31.6 Å². The fourth-order valence-corrected chi connectivity index (χ4v) is 4.90. The second-order valence-electron chi connectivity index (χ2n) is 8.60. The van der Waals surface area contributed by atoms with Crippen LogP contribution in [0, 0.1) is 5.92 Å². The standard InChI is InChI=1S/C21H30N4O3/c1-14(26)24-10-8-17-18(13-24)22-20(23-21(17)28)16-7-9-25(12-16)19(27)11-15-5-3-2-4-6-15/h15-16H,2-13H2,1H3,(H,22,23,28). The summed E-state index contributed by atoms with van der Waals surface area (Å²) in [5, 5.41) is 0. The zero-order chi connectivity index (χ0) is 19.7. The number of fused-ring (bicyclic) bond motifs is 1. The number of likely N-dealkylation sites (tertiary alicyclic amines) is 1. The van der Waals surface area contributed by atoms with Gasteiger partial charge in [0, 0.05) is 44.5 Å². The van der Waals surface area contributed by atoms with E-state index in [0.29, 0.717) is 55.5 Å². The van der Waals surface area contributed by atoms with Gasteiger partial charge in [0.1, 0.15) is 5.82 Å². The largest absolute Gasteiger partial charge is 0.342 e. The average molecular weight is 386 g/mol. The number of carbonyl (C=O) groups is 2. The highest BCUT2D eigenvalue weighted by Gasteiger charge is 2.31. The highest BCUT2D eigenvalue weighted by Crippen LogP contribution is 2.30. The number of aromatic nitrogens is 2. The maximum absolute atomic E-state index is 12.7. The van der Waals surface area contributed by atoms with Gasteiger partial charge in [0.15, 0.2) is 0 Å². The lowest BCUT2D eigenvalue weighted by Crippen LogP contribution is -2.38. The third-order valence-corrected chi connectivity index (χ3v) is 6.65. The van der Waals surface area contributed by atoms with Crippen LogP contribution in [-0.4, -0.2) is 51.2 Å². The lowest BCUT2D eigenvalue weighted by atomic mass is 9.87. The average Bonchev–Trinajstić information content (AvgIpc) is 3.18. The molecule has 2 fully saturated rings. The Labute approximate surface area is 165 Å². The lowest BCUT2D eigenvalue weighted by Gasteiger charge is -2.27. The Kier molecular flexibility index (Phi) is 5.51. The molecule has 1 unspecified atom stereocenters. The Morgan fingerprint density at radius 1 is 1.11 bits per heavy atom. The molecular weight excluding hydrogens is 356 g/mol. The van der Waals surface area contributed by atoms with Crippen LogP contribution in [0.5, 0.6) is 0 Å². The molecule has 0 radical (unpaired) electrons. The molecule has 0 spiro atoms. The number of carbonyl (C=O) groups excluding carboxylic acids is 2. The number of H-pyrrole nitrogens is 1. The number of hydrogen-bond donors (Lipinski definition) is 1. The molecule has 1 saturated carbocycles. The first-order valence-electron chi connectivity index (χ1n) is 10.7. The van der Waals surface area contributed by atoms with Crippen molar-refractivity contribution in [1.82, 2.24) is 19.8 Å². The minimum Gasteiger partial charge on any atom is -0.342 e. The molecule has 0 aromatic carbocycles. The van der Waals surface area contributed by atoms with Gasteiger partial charge >= 0.3 is 0 Å². The molecular formula is C21H30N4O3. The quantitative estimate of drug-likeness (QED) is 0.860. The third-order valence-electron chi connectivity index (χ3n) is 6.65. The van der Waals surface area contributed by atoms with Crippen LogP contribution in [0.1, 0.15) is 74.9 Å². The van der Waals surface area contributed by atoms with Gasteiger partial charge in [-0.25, -0.2) is 4.98 Å². The second-order valence-corrected chi connectivity index (χ2v) is 8.60. The summed E-state index contributed by atoms with van der Waals surface area (Å²) >= 11 is 0. The van der Waals surface area contributed by atoms with Crippen molar-refractivity contribution >= 4 is 11.8 Å². The zero-order valence-electron chi connectivity index (χ0n) is 16.7. The number of amides is 2. The van der Waals surface area contributed by atoms with E-state index in [0.717, 1.165) is 13.0 Å². The lowest BCUT2D eigenvalue weighted by molar-refractivity contribution is -0.131. The molecule has 4 rings (SSSR count). The van der Waals surface area contributed by atoms with E-state index in [9.17, 15) is 14.4 Å². The van der Waals surface area contributed by atoms with Gasteiger partial charge in [0.25, 0.3) is 5.56 Å². The summed E-state index contributed by atoms with van der Waals surface area (Å²) in [6.07, 6.45) is 8.19. The van der Waals surface area contributed by atoms with Gasteiger partial charge in [-0.15, -0.1) is 0 Å². The van der Waals surface area contributed by atoms with Crippen LogP contribution < -0.4 is 5.56 Å². The monoisotopic (exact) mass is 386 g/mol. The molecule has 7 nitrogen and oxygen atoms in total. The summed E-state index contributed by atoms with van der Waals surface area (Å²) in [7, 11) is 0. The topological polar surface area (TPSA) is 86.4 Å². The van der Waals surface area contributed by atoms with E-state index in [4.69, 9.17) is 4.98 Å². The van der Waals surface area contributed by atoms with Crippen molar-refractivity contribution in [1.29, 1.82) is 0 Å². The van der Waals surface area contributed by atoms with E-state index < -0.39 is 0 Å². The second kappa shape index (κ2) is 8.05. The van der Waals surface area contributed by atoms with E-state index >= 15 is 0 Å². The van der Waals surface area contributed by atoms with E-state index in [-0.39, 0.29) is 23.3 Å². The Balaban J connectivity index is 1.43. The van der Waals surface area contributed by atoms with Crippen molar-refractivity contribution in [3.63, 3.8) is 0 Å². The number of nitrogens with zero attached hydrogens (tertiary/aromatic N) is 3. The van der Waals surface area contributed by atoms with Crippen LogP contribution in [0.25, 0.3) is 0 Å². The van der Waals surface area contributed by atoms with Gasteiger partial charge in [0.2, 0.25) is 11.8 Å². The van der Waals surface area contributed by atoms with Crippen LogP contribution in [-0.2, 0) is 22.6 Å². The summed E-state index contributed by atoms with van der Waals surface area (Å²) in [6, 6.07) is 0. The molecule has 0 bridgehead atoms. The number of nitrogens with one attached hydrogen (secondary N) is 1. The summed E-state index contributed by atoms with van der Waals surface area (Å²) in [6.45, 7) is 3.88. The predicted octanol–water partition coefficient (Wildman–Crippen LogP) is 1.96. The summed E-state index contributed by atoms with van der Waals surface area (Å²) in [5.74, 6) is 1.54. The first-order chi connectivity index (χ1) is 13.5. The SMILES string of the molecule is CC(=O)N1CCc2c(nc(C3CCN(C(=O)CC4CCCCC4)C3)[nH]c2=O)C1. The number of rotatable bonds is 3. The van der Waals surface area contributed by atoms with Gasteiger partial charge in [-0.1, -0.05) is 19.3 Å². The summed E-state index contributed by atoms with van der Waals surface area (Å²) in [4.78, 5) is 48.2. The Morgan fingerprint density at radius 3 is 2.64 bits per heavy atom. The van der Waals surface area contributed by atoms with Gasteiger partial charge in [-0.2, -0.15) is 0 Å². The fourth-order valence-electron chi connectivity index (χ4n) is 4.90. The molecule has 1 aromatic rings. The predicted molar refractivity (Wildman–Crippen MR) is 105 cm³/mol. The maximum Gasteiger partial charge on any atom is 0.254 e. The normalized spacial score (nSPS) is 23.0. The fraction of sp³-hybridized carbons (Fsp3) is 0.714. The van der Waals surface area contributed by atoms with Crippen molar-refractivity contribution in [2.75, 3.05) is 19.6 Å². The van der Waals surface area contributed by atoms with Crippen molar-refractivity contribution in [2.24, 2.45) is 5.92 Å². The van der Waals surface area contributed by atoms with E-state index in [1.807, 2.05) is 4.90 Å². The van der Waals surface area contributed by atoms with E-state index in [2.05, 4.69) is 4.98 Å². The molecule has 2 aliphatic heterocycles. The van der Waals surface area contributed by atoms with Crippen LogP contribution in [0.3, 0.4) is 0 Å². The van der Waals surface area contributed by atoms with Crippen LogP contribution in [0.2, 0.25) is 0 Å². The van der Waals surface area contributed by atoms with Crippen LogP contribution in [0.4, 0.5) is 0 Å². The van der Waals surface area contributed by atoms with Crippen molar-refractivity contribution in [3.05, 3.63) is 27.4 Å². The zero-order valence-corrected chi connectivity index (χ0v) is 16.7. The molecule has 7 heteroatoms. The summed E-state index contributed by atoms with van der Waals surface area (Å²) < 4.78 is 0. The number of aromatic amines is 1. The van der Waals surface area contributed by atoms with Crippen molar-refractivity contribution in [2.45, 2.75) is 70.8 Å². The van der Waals surface area contributed by atoms with Gasteiger partial charge < -0.3 is 14.8 Å². The Bertz CT molecular complexity index is 812. The molecule has 1 aromatic heterocycles. The highest BCUT2D eigenvalue weighted by atomic mass is 16.2. The molecule has 3 heterocycles. The van der Waals surface area contributed by atoms with Gasteiger partial charge in [0.05, 0.1) is 12.2 Å². The smallest absolute Gasteiger partial charge is 0.254 e. The molecule has 3 aliphatic rings. The molecule has 1 atom stereocenters. The molecule has 1 saturated heterocycles. The Hall–Kier alpha value is -2.18. The molecule has 1 aliphatic carbocycles. The first-order valence-corrected chi connectivity index (χ1v) is 10.7. The molecule has 152 valence electrons. The number of hydrogen-bond acceptors (Lipinski definition) is 4. The van der Waals surface area contributed by atoms with Crippen LogP contribution >= 0.6 is 0 Å². The Morgan fingerprint density at radius 2 is 1.89 bits per heavy atom. The first kappa shape index (κ1) is 19.2. The molecule has 2 amide bonds. The van der Waals surface area contributed by atoms with E-state index in [1.165, 1.54) is 32.1 Å². The maximum atomic E-state index is 12.7. The molecule has 1 N–H and O–H groups in total. The third kappa shape index (κ3) is 3.98. The van der Waals surface area contributed by atoms with Crippen molar-refractivity contribution in [3.8, 4) is 0 Å². The molecule has 28 heavy (non-hydrogen) atoms. The highest BCUT2D eigenvalue weighted by molar-refractivity contribution is 5.77.